The predicted molar refractivity (Wildman–Crippen MR) is 97.5 cm³/mol. The average molecular weight is 364 g/mol. The number of hydrogen-bond acceptors (Lipinski definition) is 6. The zero-order chi connectivity index (χ0) is 18.5. The van der Waals surface area contributed by atoms with Gasteiger partial charge in [-0.2, -0.15) is 5.10 Å². The molecular formula is C19H16N4O4. The van der Waals surface area contributed by atoms with Crippen molar-refractivity contribution in [1.29, 1.82) is 0 Å². The molecule has 1 amide bonds. The lowest BCUT2D eigenvalue weighted by Gasteiger charge is -2.20. The van der Waals surface area contributed by atoms with Crippen LogP contribution in [0.2, 0.25) is 0 Å². The second kappa shape index (κ2) is 5.66. The van der Waals surface area contributed by atoms with Gasteiger partial charge < -0.3 is 25.3 Å². The van der Waals surface area contributed by atoms with Crippen LogP contribution in [0.25, 0.3) is 16.9 Å². The van der Waals surface area contributed by atoms with E-state index in [1.807, 2.05) is 43.4 Å². The number of anilines is 1. The number of ether oxygens (including phenoxy) is 3. The first-order valence-corrected chi connectivity index (χ1v) is 8.42. The molecule has 0 saturated carbocycles. The summed E-state index contributed by atoms with van der Waals surface area (Å²) in [6.07, 6.45) is 0. The third-order valence-corrected chi connectivity index (χ3v) is 4.71. The summed E-state index contributed by atoms with van der Waals surface area (Å²) in [4.78, 5) is 12.0. The van der Waals surface area contributed by atoms with Crippen molar-refractivity contribution in [3.05, 3.63) is 47.7 Å². The molecule has 3 aromatic rings. The van der Waals surface area contributed by atoms with E-state index in [1.54, 1.807) is 4.68 Å². The van der Waals surface area contributed by atoms with Crippen LogP contribution in [-0.4, -0.2) is 29.5 Å². The van der Waals surface area contributed by atoms with Crippen molar-refractivity contribution in [3.63, 3.8) is 0 Å². The van der Waals surface area contributed by atoms with Gasteiger partial charge in [-0.25, -0.2) is 4.68 Å². The maximum Gasteiger partial charge on any atom is 0.269 e. The number of carbonyl (C=O) groups excluding carboxylic acids is 1. The fourth-order valence-electron chi connectivity index (χ4n) is 3.41. The van der Waals surface area contributed by atoms with Crippen molar-refractivity contribution in [2.45, 2.75) is 6.61 Å². The summed E-state index contributed by atoms with van der Waals surface area (Å²) in [6.45, 7) is 0.412. The molecule has 0 saturated heterocycles. The number of amides is 1. The highest BCUT2D eigenvalue weighted by atomic mass is 16.7. The van der Waals surface area contributed by atoms with Crippen LogP contribution in [-0.2, 0) is 6.61 Å². The summed E-state index contributed by atoms with van der Waals surface area (Å²) in [5.74, 6) is 1.44. The zero-order valence-corrected chi connectivity index (χ0v) is 14.5. The van der Waals surface area contributed by atoms with Gasteiger partial charge in [0, 0.05) is 29.9 Å². The van der Waals surface area contributed by atoms with Crippen molar-refractivity contribution in [2.75, 3.05) is 19.2 Å². The summed E-state index contributed by atoms with van der Waals surface area (Å²) < 4.78 is 18.4. The molecule has 1 aromatic heterocycles. The number of hydrogen-bond donors (Lipinski definition) is 2. The van der Waals surface area contributed by atoms with Gasteiger partial charge in [0.1, 0.15) is 12.4 Å². The first-order valence-electron chi connectivity index (χ1n) is 8.42. The molecule has 5 rings (SSSR count). The minimum absolute atomic E-state index is 0.185. The normalized spacial score (nSPS) is 13.5. The average Bonchev–Trinajstić information content (AvgIpc) is 3.31. The predicted octanol–water partition coefficient (Wildman–Crippen LogP) is 2.30. The van der Waals surface area contributed by atoms with Gasteiger partial charge in [0.15, 0.2) is 17.2 Å². The number of fused-ring (bicyclic) bond motifs is 4. The zero-order valence-electron chi connectivity index (χ0n) is 14.5. The number of nitrogens with one attached hydrogen (secondary N) is 1. The Hall–Kier alpha value is -3.68. The molecule has 2 aromatic carbocycles. The highest BCUT2D eigenvalue weighted by Crippen LogP contribution is 2.42. The van der Waals surface area contributed by atoms with Gasteiger partial charge in [0.2, 0.25) is 6.79 Å². The maximum absolute atomic E-state index is 12.0. The van der Waals surface area contributed by atoms with Gasteiger partial charge in [-0.05, 0) is 30.3 Å². The molecule has 2 aliphatic heterocycles. The molecule has 2 aliphatic rings. The lowest BCUT2D eigenvalue weighted by Crippen LogP contribution is -2.16. The Morgan fingerprint density at radius 2 is 1.93 bits per heavy atom. The molecule has 0 spiro atoms. The van der Waals surface area contributed by atoms with E-state index in [0.29, 0.717) is 17.1 Å². The third kappa shape index (κ3) is 2.30. The highest BCUT2D eigenvalue weighted by molar-refractivity contribution is 5.95. The molecule has 0 bridgehead atoms. The van der Waals surface area contributed by atoms with Crippen LogP contribution >= 0.6 is 0 Å². The number of nitrogens with zero attached hydrogens (tertiary/aromatic N) is 2. The molecule has 0 aliphatic carbocycles. The van der Waals surface area contributed by atoms with Crippen LogP contribution < -0.4 is 25.3 Å². The topological polar surface area (TPSA) is 101 Å². The monoisotopic (exact) mass is 364 g/mol. The van der Waals surface area contributed by atoms with Crippen molar-refractivity contribution < 1.29 is 19.0 Å². The Bertz CT molecular complexity index is 1090. The summed E-state index contributed by atoms with van der Waals surface area (Å²) in [7, 11) is 1.84. The largest absolute Gasteiger partial charge is 0.488 e. The Labute approximate surface area is 154 Å². The van der Waals surface area contributed by atoms with E-state index in [1.165, 1.54) is 0 Å². The van der Waals surface area contributed by atoms with Gasteiger partial charge in [-0.15, -0.1) is 0 Å². The van der Waals surface area contributed by atoms with Gasteiger partial charge >= 0.3 is 0 Å². The van der Waals surface area contributed by atoms with E-state index in [4.69, 9.17) is 19.9 Å². The molecule has 0 unspecified atom stereocenters. The molecule has 8 heteroatoms. The molecule has 3 N–H and O–H groups in total. The number of primary amides is 1. The van der Waals surface area contributed by atoms with E-state index in [2.05, 4.69) is 10.4 Å². The summed E-state index contributed by atoms with van der Waals surface area (Å²) >= 11 is 0. The van der Waals surface area contributed by atoms with E-state index < -0.39 is 5.91 Å². The Morgan fingerprint density at radius 3 is 2.74 bits per heavy atom. The van der Waals surface area contributed by atoms with Gasteiger partial charge in [0.05, 0.1) is 11.4 Å². The number of nitrogens with two attached hydrogens (primary N) is 1. The number of rotatable bonds is 3. The van der Waals surface area contributed by atoms with Crippen molar-refractivity contribution >= 4 is 11.6 Å². The highest BCUT2D eigenvalue weighted by Gasteiger charge is 2.30. The van der Waals surface area contributed by atoms with Crippen molar-refractivity contribution in [1.82, 2.24) is 9.78 Å². The van der Waals surface area contributed by atoms with E-state index in [0.717, 1.165) is 28.4 Å². The Morgan fingerprint density at radius 1 is 1.11 bits per heavy atom. The lowest BCUT2D eigenvalue weighted by atomic mass is 10.0. The lowest BCUT2D eigenvalue weighted by molar-refractivity contribution is 0.0992. The molecule has 8 nitrogen and oxygen atoms in total. The maximum atomic E-state index is 12.0. The third-order valence-electron chi connectivity index (χ3n) is 4.71. The summed E-state index contributed by atoms with van der Waals surface area (Å²) in [5, 5.41) is 7.60. The SMILES string of the molecule is CNc1ccc2c(c1)-c1c(c(C(N)=O)nn1-c1ccc3c(c1)OCO3)CO2. The first kappa shape index (κ1) is 15.6. The van der Waals surface area contributed by atoms with Crippen LogP contribution in [0.4, 0.5) is 5.69 Å². The number of aromatic nitrogens is 2. The van der Waals surface area contributed by atoms with E-state index in [9.17, 15) is 4.79 Å². The Balaban J connectivity index is 1.77. The van der Waals surface area contributed by atoms with E-state index >= 15 is 0 Å². The minimum Gasteiger partial charge on any atom is -0.488 e. The molecule has 0 atom stereocenters. The second-order valence-electron chi connectivity index (χ2n) is 6.24. The fourth-order valence-corrected chi connectivity index (χ4v) is 3.41. The van der Waals surface area contributed by atoms with E-state index in [-0.39, 0.29) is 19.1 Å². The number of carbonyl (C=O) groups is 1. The van der Waals surface area contributed by atoms with Crippen LogP contribution in [0, 0.1) is 0 Å². The quantitative estimate of drug-likeness (QED) is 0.740. The fraction of sp³-hybridized carbons (Fsp3) is 0.158. The van der Waals surface area contributed by atoms with Crippen molar-refractivity contribution in [2.24, 2.45) is 5.73 Å². The molecule has 0 fully saturated rings. The molecule has 3 heterocycles. The molecule has 27 heavy (non-hydrogen) atoms. The second-order valence-corrected chi connectivity index (χ2v) is 6.24. The molecular weight excluding hydrogens is 348 g/mol. The van der Waals surface area contributed by atoms with Gasteiger partial charge in [-0.1, -0.05) is 0 Å². The van der Waals surface area contributed by atoms with Gasteiger partial charge in [0.25, 0.3) is 5.91 Å². The smallest absolute Gasteiger partial charge is 0.269 e. The molecule has 0 radical (unpaired) electrons. The minimum atomic E-state index is -0.595. The van der Waals surface area contributed by atoms with Crippen molar-refractivity contribution in [3.8, 4) is 34.2 Å². The molecule has 136 valence electrons. The number of benzene rings is 2. The first-order chi connectivity index (χ1) is 13.2. The standard InChI is InChI=1S/C19H16N4O4/c1-21-10-2-4-14-12(6-10)18-13(8-25-14)17(19(20)24)22-23(18)11-3-5-15-16(7-11)27-9-26-15/h2-7,21H,8-9H2,1H3,(H2,20,24). The van der Waals surface area contributed by atoms with Crippen LogP contribution in [0.3, 0.4) is 0 Å². The van der Waals surface area contributed by atoms with Crippen LogP contribution in [0.15, 0.2) is 36.4 Å². The summed E-state index contributed by atoms with van der Waals surface area (Å²) in [5.41, 5.74) is 9.71. The Kier molecular flexibility index (Phi) is 3.27. The van der Waals surface area contributed by atoms with Crippen LogP contribution in [0.5, 0.6) is 17.2 Å². The van der Waals surface area contributed by atoms with Crippen LogP contribution in [0.1, 0.15) is 16.1 Å². The summed E-state index contributed by atoms with van der Waals surface area (Å²) in [6, 6.07) is 11.3. The van der Waals surface area contributed by atoms with Gasteiger partial charge in [-0.3, -0.25) is 4.79 Å².